The van der Waals surface area contributed by atoms with Crippen LogP contribution in [0.4, 0.5) is 4.39 Å². The number of nitrogens with one attached hydrogen (secondary N) is 1. The molecule has 1 aliphatic rings. The minimum absolute atomic E-state index is 0.112. The van der Waals surface area contributed by atoms with Crippen LogP contribution in [-0.4, -0.2) is 31.3 Å². The van der Waals surface area contributed by atoms with Gasteiger partial charge in [0.1, 0.15) is 5.82 Å². The zero-order valence-electron chi connectivity index (χ0n) is 14.2. The zero-order valence-corrected chi connectivity index (χ0v) is 14.2. The van der Waals surface area contributed by atoms with Crippen molar-refractivity contribution in [3.8, 4) is 11.5 Å². The summed E-state index contributed by atoms with van der Waals surface area (Å²) in [6, 6.07) is 10.7. The Kier molecular flexibility index (Phi) is 5.36. The van der Waals surface area contributed by atoms with E-state index in [9.17, 15) is 14.0 Å². The Morgan fingerprint density at radius 2 is 1.88 bits per heavy atom. The van der Waals surface area contributed by atoms with Crippen LogP contribution in [0.25, 0.3) is 0 Å². The lowest BCUT2D eigenvalue weighted by atomic mass is 10.1. The Bertz CT molecular complexity index is 806. The predicted molar refractivity (Wildman–Crippen MR) is 90.6 cm³/mol. The number of fused-ring (bicyclic) bond motifs is 1. The third-order valence-electron chi connectivity index (χ3n) is 3.89. The predicted octanol–water partition coefficient (Wildman–Crippen LogP) is 2.46. The molecule has 1 atom stereocenters. The second-order valence-electron chi connectivity index (χ2n) is 5.78. The molecule has 3 rings (SSSR count). The van der Waals surface area contributed by atoms with Crippen molar-refractivity contribution >= 4 is 11.9 Å². The van der Waals surface area contributed by atoms with Crippen LogP contribution in [0.15, 0.2) is 42.5 Å². The fraction of sp³-hybridized carbons (Fsp3) is 0.263. The van der Waals surface area contributed by atoms with Crippen LogP contribution in [0.3, 0.4) is 0 Å². The summed E-state index contributed by atoms with van der Waals surface area (Å²) >= 11 is 0. The number of halogens is 1. The fourth-order valence-corrected chi connectivity index (χ4v) is 2.43. The molecule has 0 saturated carbocycles. The van der Waals surface area contributed by atoms with Gasteiger partial charge in [0, 0.05) is 6.54 Å². The average Bonchev–Trinajstić information content (AvgIpc) is 3.10. The van der Waals surface area contributed by atoms with Gasteiger partial charge in [-0.1, -0.05) is 12.1 Å². The Labute approximate surface area is 149 Å². The molecule has 1 unspecified atom stereocenters. The second kappa shape index (κ2) is 7.86. The molecule has 0 bridgehead atoms. The van der Waals surface area contributed by atoms with Crippen molar-refractivity contribution in [3.63, 3.8) is 0 Å². The van der Waals surface area contributed by atoms with E-state index in [1.165, 1.54) is 25.1 Å². The van der Waals surface area contributed by atoms with Crippen molar-refractivity contribution in [1.82, 2.24) is 5.32 Å². The quantitative estimate of drug-likeness (QED) is 0.802. The van der Waals surface area contributed by atoms with Gasteiger partial charge in [-0.25, -0.2) is 9.18 Å². The maximum absolute atomic E-state index is 12.8. The maximum Gasteiger partial charge on any atom is 0.339 e. The van der Waals surface area contributed by atoms with Crippen molar-refractivity contribution < 1.29 is 28.2 Å². The van der Waals surface area contributed by atoms with E-state index in [-0.39, 0.29) is 18.2 Å². The summed E-state index contributed by atoms with van der Waals surface area (Å²) in [6.07, 6.45) is -0.393. The van der Waals surface area contributed by atoms with Crippen LogP contribution < -0.4 is 14.8 Å². The molecule has 0 aromatic heterocycles. The maximum atomic E-state index is 12.8. The SMILES string of the molecule is CC(OC(=O)c1ccc2c(c1)OCO2)C(=O)NCCc1ccc(F)cc1. The Morgan fingerprint density at radius 1 is 1.15 bits per heavy atom. The van der Waals surface area contributed by atoms with E-state index in [1.54, 1.807) is 24.3 Å². The highest BCUT2D eigenvalue weighted by Gasteiger charge is 2.21. The van der Waals surface area contributed by atoms with Crippen LogP contribution in [0.2, 0.25) is 0 Å². The summed E-state index contributed by atoms with van der Waals surface area (Å²) in [7, 11) is 0. The number of amides is 1. The molecule has 0 radical (unpaired) electrons. The van der Waals surface area contributed by atoms with Gasteiger partial charge in [-0.2, -0.15) is 0 Å². The molecule has 136 valence electrons. The van der Waals surface area contributed by atoms with Gasteiger partial charge >= 0.3 is 5.97 Å². The molecule has 1 aliphatic heterocycles. The molecular formula is C19H18FNO5. The Morgan fingerprint density at radius 3 is 2.65 bits per heavy atom. The van der Waals surface area contributed by atoms with E-state index in [4.69, 9.17) is 14.2 Å². The molecule has 0 spiro atoms. The highest BCUT2D eigenvalue weighted by molar-refractivity contribution is 5.92. The molecule has 26 heavy (non-hydrogen) atoms. The van der Waals surface area contributed by atoms with Gasteiger partial charge < -0.3 is 19.5 Å². The van der Waals surface area contributed by atoms with Gasteiger partial charge in [-0.3, -0.25) is 4.79 Å². The Hall–Kier alpha value is -3.09. The van der Waals surface area contributed by atoms with Gasteiger partial charge in [0.15, 0.2) is 17.6 Å². The van der Waals surface area contributed by atoms with Crippen molar-refractivity contribution in [2.45, 2.75) is 19.4 Å². The van der Waals surface area contributed by atoms with Crippen LogP contribution >= 0.6 is 0 Å². The molecule has 0 saturated heterocycles. The summed E-state index contributed by atoms with van der Waals surface area (Å²) in [5.41, 5.74) is 1.18. The molecule has 1 N–H and O–H groups in total. The number of hydrogen-bond donors (Lipinski definition) is 1. The van der Waals surface area contributed by atoms with Crippen molar-refractivity contribution in [3.05, 3.63) is 59.4 Å². The van der Waals surface area contributed by atoms with Gasteiger partial charge in [0.25, 0.3) is 5.91 Å². The van der Waals surface area contributed by atoms with E-state index in [0.717, 1.165) is 5.56 Å². The van der Waals surface area contributed by atoms with Gasteiger partial charge in [0.05, 0.1) is 5.56 Å². The van der Waals surface area contributed by atoms with E-state index in [0.29, 0.717) is 24.5 Å². The molecule has 0 aliphatic carbocycles. The van der Waals surface area contributed by atoms with Crippen LogP contribution in [0.5, 0.6) is 11.5 Å². The van der Waals surface area contributed by atoms with Gasteiger partial charge in [0.2, 0.25) is 6.79 Å². The van der Waals surface area contributed by atoms with Crippen LogP contribution in [0, 0.1) is 5.82 Å². The molecule has 0 fully saturated rings. The molecule has 2 aromatic carbocycles. The van der Waals surface area contributed by atoms with Crippen molar-refractivity contribution in [2.75, 3.05) is 13.3 Å². The van der Waals surface area contributed by atoms with Crippen molar-refractivity contribution in [1.29, 1.82) is 0 Å². The smallest absolute Gasteiger partial charge is 0.339 e. The van der Waals surface area contributed by atoms with E-state index < -0.39 is 18.0 Å². The number of esters is 1. The van der Waals surface area contributed by atoms with Crippen LogP contribution in [0.1, 0.15) is 22.8 Å². The zero-order chi connectivity index (χ0) is 18.5. The Balaban J connectivity index is 1.47. The lowest BCUT2D eigenvalue weighted by Crippen LogP contribution is -2.36. The highest BCUT2D eigenvalue weighted by Crippen LogP contribution is 2.32. The summed E-state index contributed by atoms with van der Waals surface area (Å²) in [5, 5.41) is 2.69. The minimum atomic E-state index is -0.943. The first-order valence-electron chi connectivity index (χ1n) is 8.16. The molecule has 2 aromatic rings. The number of carbonyl (C=O) groups excluding carboxylic acids is 2. The summed E-state index contributed by atoms with van der Waals surface area (Å²) in [4.78, 5) is 24.2. The highest BCUT2D eigenvalue weighted by atomic mass is 19.1. The number of ether oxygens (including phenoxy) is 3. The third-order valence-corrected chi connectivity index (χ3v) is 3.89. The average molecular weight is 359 g/mol. The first-order chi connectivity index (χ1) is 12.5. The minimum Gasteiger partial charge on any atom is -0.454 e. The fourth-order valence-electron chi connectivity index (χ4n) is 2.43. The number of rotatable bonds is 6. The van der Waals surface area contributed by atoms with E-state index in [1.807, 2.05) is 0 Å². The first kappa shape index (κ1) is 17.7. The second-order valence-corrected chi connectivity index (χ2v) is 5.78. The number of benzene rings is 2. The summed E-state index contributed by atoms with van der Waals surface area (Å²) in [5.74, 6) is -0.295. The van der Waals surface area contributed by atoms with Gasteiger partial charge in [-0.15, -0.1) is 0 Å². The van der Waals surface area contributed by atoms with E-state index in [2.05, 4.69) is 5.32 Å². The molecule has 1 amide bonds. The first-order valence-corrected chi connectivity index (χ1v) is 8.16. The standard InChI is InChI=1S/C19H18FNO5/c1-12(18(22)21-9-8-13-2-5-15(20)6-3-13)26-19(23)14-4-7-16-17(10-14)25-11-24-16/h2-7,10,12H,8-9,11H2,1H3,(H,21,22). The third kappa shape index (κ3) is 4.30. The van der Waals surface area contributed by atoms with Crippen LogP contribution in [-0.2, 0) is 16.0 Å². The monoisotopic (exact) mass is 359 g/mol. The number of hydrogen-bond acceptors (Lipinski definition) is 5. The molecular weight excluding hydrogens is 341 g/mol. The van der Waals surface area contributed by atoms with Crippen molar-refractivity contribution in [2.24, 2.45) is 0 Å². The molecule has 6 nitrogen and oxygen atoms in total. The van der Waals surface area contributed by atoms with E-state index >= 15 is 0 Å². The summed E-state index contributed by atoms with van der Waals surface area (Å²) < 4.78 is 28.4. The topological polar surface area (TPSA) is 73.9 Å². The lowest BCUT2D eigenvalue weighted by molar-refractivity contribution is -0.129. The normalized spacial score (nSPS) is 13.2. The lowest BCUT2D eigenvalue weighted by Gasteiger charge is -2.13. The van der Waals surface area contributed by atoms with Gasteiger partial charge in [-0.05, 0) is 49.2 Å². The molecule has 7 heteroatoms. The summed E-state index contributed by atoms with van der Waals surface area (Å²) in [6.45, 7) is 1.97. The molecule has 1 heterocycles. The number of carbonyl (C=O) groups is 2. The largest absolute Gasteiger partial charge is 0.454 e.